The predicted octanol–water partition coefficient (Wildman–Crippen LogP) is 1.99. The van der Waals surface area contributed by atoms with Gasteiger partial charge in [-0.3, -0.25) is 4.79 Å². The van der Waals surface area contributed by atoms with Crippen molar-refractivity contribution >= 4 is 17.4 Å². The molecule has 0 aliphatic carbocycles. The topological polar surface area (TPSA) is 71.2 Å². The monoisotopic (exact) mass is 286 g/mol. The zero-order chi connectivity index (χ0) is 14.8. The van der Waals surface area contributed by atoms with Crippen LogP contribution in [0.1, 0.15) is 17.7 Å². The molecule has 1 aromatic carbocycles. The van der Waals surface area contributed by atoms with Gasteiger partial charge in [-0.15, -0.1) is 0 Å². The largest absolute Gasteiger partial charge is 0.308 e. The van der Waals surface area contributed by atoms with Crippen molar-refractivity contribution in [3.63, 3.8) is 0 Å². The molecular weight excluding hydrogens is 271 g/mol. The second-order valence-electron chi connectivity index (χ2n) is 4.91. The van der Waals surface area contributed by atoms with E-state index in [-0.39, 0.29) is 11.7 Å². The zero-order valence-corrected chi connectivity index (χ0v) is 11.3. The first-order valence-electron chi connectivity index (χ1n) is 6.69. The summed E-state index contributed by atoms with van der Waals surface area (Å²) in [6, 6.07) is 9.89. The molecule has 3 rings (SSSR count). The lowest BCUT2D eigenvalue weighted by molar-refractivity contribution is -0.119. The van der Waals surface area contributed by atoms with Gasteiger partial charge in [0.25, 0.3) is 0 Å². The van der Waals surface area contributed by atoms with Crippen LogP contribution in [0.2, 0.25) is 0 Å². The van der Waals surface area contributed by atoms with Crippen molar-refractivity contribution in [1.82, 2.24) is 4.98 Å². The molecule has 1 amide bonds. The average molecular weight is 286 g/mol. The van der Waals surface area contributed by atoms with Crippen LogP contribution in [-0.4, -0.2) is 10.9 Å². The molecule has 108 valence electrons. The zero-order valence-electron chi connectivity index (χ0n) is 11.3. The Labute approximate surface area is 121 Å². The Hall–Kier alpha value is -2.47. The van der Waals surface area contributed by atoms with Crippen LogP contribution in [0.5, 0.6) is 0 Å². The number of amides is 1. The van der Waals surface area contributed by atoms with Gasteiger partial charge < -0.3 is 10.3 Å². The third-order valence-corrected chi connectivity index (χ3v) is 3.52. The summed E-state index contributed by atoms with van der Waals surface area (Å²) in [5, 5.41) is 0. The molecule has 6 heteroatoms. The van der Waals surface area contributed by atoms with Crippen molar-refractivity contribution in [2.24, 2.45) is 5.84 Å². The Morgan fingerprint density at radius 2 is 2.14 bits per heavy atom. The van der Waals surface area contributed by atoms with Crippen LogP contribution >= 0.6 is 0 Å². The summed E-state index contributed by atoms with van der Waals surface area (Å²) in [4.78, 5) is 18.1. The van der Waals surface area contributed by atoms with Gasteiger partial charge in [0.2, 0.25) is 5.91 Å². The fourth-order valence-electron chi connectivity index (χ4n) is 2.51. The molecule has 0 atom stereocenters. The minimum Gasteiger partial charge on any atom is -0.308 e. The van der Waals surface area contributed by atoms with Crippen LogP contribution in [-0.2, 0) is 17.8 Å². The van der Waals surface area contributed by atoms with Gasteiger partial charge in [-0.05, 0) is 42.3 Å². The number of rotatable bonds is 3. The number of carbonyl (C=O) groups excluding carboxylic acids is 1. The first-order valence-corrected chi connectivity index (χ1v) is 6.69. The van der Waals surface area contributed by atoms with Gasteiger partial charge in [0, 0.05) is 12.1 Å². The number of hydrogen-bond acceptors (Lipinski definition) is 4. The number of aromatic nitrogens is 1. The molecule has 2 aromatic rings. The second kappa shape index (κ2) is 5.49. The van der Waals surface area contributed by atoms with E-state index in [4.69, 9.17) is 5.84 Å². The molecule has 0 radical (unpaired) electrons. The number of carbonyl (C=O) groups is 1. The van der Waals surface area contributed by atoms with Crippen molar-refractivity contribution in [3.05, 3.63) is 53.5 Å². The Bertz CT molecular complexity index is 689. The van der Waals surface area contributed by atoms with E-state index in [0.29, 0.717) is 25.2 Å². The molecule has 1 aliphatic heterocycles. The van der Waals surface area contributed by atoms with Gasteiger partial charge >= 0.3 is 0 Å². The second-order valence-corrected chi connectivity index (χ2v) is 4.91. The Morgan fingerprint density at radius 3 is 2.95 bits per heavy atom. The fourth-order valence-corrected chi connectivity index (χ4v) is 2.51. The molecule has 1 aliphatic rings. The highest BCUT2D eigenvalue weighted by molar-refractivity contribution is 5.96. The number of nitrogen functional groups attached to an aromatic ring is 1. The summed E-state index contributed by atoms with van der Waals surface area (Å²) in [5.74, 6) is 5.61. The predicted molar refractivity (Wildman–Crippen MR) is 78.0 cm³/mol. The van der Waals surface area contributed by atoms with Crippen molar-refractivity contribution in [2.45, 2.75) is 19.4 Å². The summed E-state index contributed by atoms with van der Waals surface area (Å²) < 4.78 is 13.3. The summed E-state index contributed by atoms with van der Waals surface area (Å²) >= 11 is 0. The number of hydrazine groups is 1. The number of aryl methyl sites for hydroxylation is 1. The third kappa shape index (κ3) is 2.71. The van der Waals surface area contributed by atoms with Gasteiger partial charge in [-0.1, -0.05) is 6.07 Å². The molecule has 1 aromatic heterocycles. The SMILES string of the molecule is NNc1cccc(CN2C(=O)CCc3cc(F)ccc32)n1. The van der Waals surface area contributed by atoms with E-state index in [9.17, 15) is 9.18 Å². The molecule has 5 nitrogen and oxygen atoms in total. The number of benzene rings is 1. The van der Waals surface area contributed by atoms with Crippen LogP contribution in [0.15, 0.2) is 36.4 Å². The van der Waals surface area contributed by atoms with E-state index >= 15 is 0 Å². The molecule has 0 bridgehead atoms. The molecule has 21 heavy (non-hydrogen) atoms. The van der Waals surface area contributed by atoms with Gasteiger partial charge in [-0.2, -0.15) is 0 Å². The minimum absolute atomic E-state index is 0.0158. The van der Waals surface area contributed by atoms with Crippen molar-refractivity contribution < 1.29 is 9.18 Å². The number of hydrogen-bond donors (Lipinski definition) is 2. The maximum atomic E-state index is 13.3. The summed E-state index contributed by atoms with van der Waals surface area (Å²) in [5.41, 5.74) is 4.80. The summed E-state index contributed by atoms with van der Waals surface area (Å²) in [7, 11) is 0. The van der Waals surface area contributed by atoms with E-state index < -0.39 is 0 Å². The number of fused-ring (bicyclic) bond motifs is 1. The number of anilines is 2. The fraction of sp³-hybridized carbons (Fsp3) is 0.200. The van der Waals surface area contributed by atoms with E-state index in [1.807, 2.05) is 12.1 Å². The average Bonchev–Trinajstić information content (AvgIpc) is 2.50. The van der Waals surface area contributed by atoms with Gasteiger partial charge in [0.1, 0.15) is 11.6 Å². The summed E-state index contributed by atoms with van der Waals surface area (Å²) in [6.45, 7) is 0.340. The normalized spacial score (nSPS) is 14.0. The summed E-state index contributed by atoms with van der Waals surface area (Å²) in [6.07, 6.45) is 0.950. The number of pyridine rings is 1. The molecule has 0 unspecified atom stereocenters. The lowest BCUT2D eigenvalue weighted by Crippen LogP contribution is -2.34. The van der Waals surface area contributed by atoms with Crippen molar-refractivity contribution in [1.29, 1.82) is 0 Å². The van der Waals surface area contributed by atoms with Crippen LogP contribution < -0.4 is 16.2 Å². The van der Waals surface area contributed by atoms with Gasteiger partial charge in [0.05, 0.1) is 12.2 Å². The van der Waals surface area contributed by atoms with E-state index in [0.717, 1.165) is 16.9 Å². The van der Waals surface area contributed by atoms with Crippen molar-refractivity contribution in [3.8, 4) is 0 Å². The Morgan fingerprint density at radius 1 is 1.29 bits per heavy atom. The molecule has 0 saturated carbocycles. The number of nitrogens with one attached hydrogen (secondary N) is 1. The standard InChI is InChI=1S/C15H15FN4O/c16-11-5-6-13-10(8-11)4-7-15(21)20(13)9-12-2-1-3-14(18-12)19-17/h1-3,5-6,8H,4,7,9,17H2,(H,18,19). The highest BCUT2D eigenvalue weighted by Crippen LogP contribution is 2.29. The smallest absolute Gasteiger partial charge is 0.227 e. The van der Waals surface area contributed by atoms with Gasteiger partial charge in [0.15, 0.2) is 0 Å². The number of nitrogens with two attached hydrogens (primary N) is 1. The first kappa shape index (κ1) is 13.5. The van der Waals surface area contributed by atoms with Crippen LogP contribution in [0, 0.1) is 5.82 Å². The lowest BCUT2D eigenvalue weighted by atomic mass is 10.0. The van der Waals surface area contributed by atoms with Crippen LogP contribution in [0.4, 0.5) is 15.9 Å². The Kier molecular flexibility index (Phi) is 3.53. The van der Waals surface area contributed by atoms with E-state index in [2.05, 4.69) is 10.4 Å². The molecule has 0 spiro atoms. The maximum absolute atomic E-state index is 13.3. The molecular formula is C15H15FN4O. The third-order valence-electron chi connectivity index (χ3n) is 3.52. The lowest BCUT2D eigenvalue weighted by Gasteiger charge is -2.29. The number of nitrogens with zero attached hydrogens (tertiary/aromatic N) is 2. The first-order chi connectivity index (χ1) is 10.2. The van der Waals surface area contributed by atoms with Crippen LogP contribution in [0.25, 0.3) is 0 Å². The molecule has 0 fully saturated rings. The number of halogens is 1. The maximum Gasteiger partial charge on any atom is 0.227 e. The van der Waals surface area contributed by atoms with E-state index in [1.165, 1.54) is 12.1 Å². The van der Waals surface area contributed by atoms with E-state index in [1.54, 1.807) is 17.0 Å². The molecule has 2 heterocycles. The highest BCUT2D eigenvalue weighted by Gasteiger charge is 2.24. The quantitative estimate of drug-likeness (QED) is 0.668. The van der Waals surface area contributed by atoms with Crippen LogP contribution in [0.3, 0.4) is 0 Å². The minimum atomic E-state index is -0.282. The molecule has 3 N–H and O–H groups in total. The molecule has 0 saturated heterocycles. The Balaban J connectivity index is 1.92. The highest BCUT2D eigenvalue weighted by atomic mass is 19.1. The van der Waals surface area contributed by atoms with Gasteiger partial charge in [-0.25, -0.2) is 15.2 Å². The van der Waals surface area contributed by atoms with Crippen molar-refractivity contribution in [2.75, 3.05) is 10.3 Å².